The molecule has 2 N–H and O–H groups in total. The molecule has 1 atom stereocenters. The highest BCUT2D eigenvalue weighted by atomic mass is 32.2. The number of nitrogens with zero attached hydrogens (tertiary/aromatic N) is 1. The Hall–Kier alpha value is -1.66. The van der Waals surface area contributed by atoms with E-state index in [1.165, 1.54) is 4.57 Å². The lowest BCUT2D eigenvalue weighted by atomic mass is 10.2. The first-order chi connectivity index (χ1) is 8.57. The van der Waals surface area contributed by atoms with Crippen LogP contribution in [0.1, 0.15) is 0 Å². The van der Waals surface area contributed by atoms with Crippen LogP contribution < -0.4 is 5.56 Å². The minimum absolute atomic E-state index is 0.0683. The van der Waals surface area contributed by atoms with Crippen molar-refractivity contribution in [3.63, 3.8) is 0 Å². The molecule has 1 aromatic heterocycles. The molecule has 0 aliphatic heterocycles. The first-order valence-corrected chi connectivity index (χ1v) is 6.69. The van der Waals surface area contributed by atoms with E-state index in [1.807, 2.05) is 0 Å². The molecule has 1 aromatic carbocycles. The van der Waals surface area contributed by atoms with Gasteiger partial charge in [-0.25, -0.2) is 0 Å². The normalized spacial score (nSPS) is 12.8. The molecule has 0 bridgehead atoms. The average Bonchev–Trinajstić information content (AvgIpc) is 2.37. The second-order valence-corrected chi connectivity index (χ2v) is 5.34. The molecule has 0 radical (unpaired) electrons. The average molecular weight is 267 g/mol. The Morgan fingerprint density at radius 1 is 1.33 bits per heavy atom. The van der Waals surface area contributed by atoms with E-state index in [9.17, 15) is 14.1 Å². The van der Waals surface area contributed by atoms with E-state index < -0.39 is 16.4 Å². The molecule has 0 unspecified atom stereocenters. The summed E-state index contributed by atoms with van der Waals surface area (Å²) < 4.78 is 13.2. The molecule has 2 aromatic rings. The minimum atomic E-state index is -1.71. The van der Waals surface area contributed by atoms with Crippen molar-refractivity contribution in [3.8, 4) is 5.75 Å². The molecule has 0 saturated carbocycles. The van der Waals surface area contributed by atoms with Gasteiger partial charge in [-0.3, -0.25) is 9.00 Å². The Labute approximate surface area is 106 Å². The molecular weight excluding hydrogens is 254 g/mol. The maximum absolute atomic E-state index is 12.0. The Kier molecular flexibility index (Phi) is 3.49. The van der Waals surface area contributed by atoms with E-state index in [-0.39, 0.29) is 23.0 Å². The van der Waals surface area contributed by atoms with Gasteiger partial charge in [-0.05, 0) is 12.1 Å². The Morgan fingerprint density at radius 2 is 2.00 bits per heavy atom. The largest absolute Gasteiger partial charge is 0.506 e. The molecule has 18 heavy (non-hydrogen) atoms. The number of rotatable bonds is 3. The lowest BCUT2D eigenvalue weighted by Gasteiger charge is -2.10. The number of pyridine rings is 1. The molecule has 1 heterocycles. The summed E-state index contributed by atoms with van der Waals surface area (Å²) in [5.41, 5.74) is 0.0720. The van der Waals surface area contributed by atoms with E-state index in [1.54, 1.807) is 31.3 Å². The van der Waals surface area contributed by atoms with E-state index in [0.717, 1.165) is 0 Å². The van der Waals surface area contributed by atoms with Gasteiger partial charge in [0.1, 0.15) is 10.6 Å². The molecule has 0 spiro atoms. The zero-order valence-corrected chi connectivity index (χ0v) is 10.6. The molecular formula is C12H13NO4S. The summed E-state index contributed by atoms with van der Waals surface area (Å²) in [6.07, 6.45) is 0. The van der Waals surface area contributed by atoms with Crippen LogP contribution >= 0.6 is 0 Å². The van der Waals surface area contributed by atoms with E-state index >= 15 is 0 Å². The number of hydrogen-bond acceptors (Lipinski definition) is 4. The summed E-state index contributed by atoms with van der Waals surface area (Å²) in [5, 5.41) is 19.3. The molecule has 6 heteroatoms. The van der Waals surface area contributed by atoms with Gasteiger partial charge < -0.3 is 14.8 Å². The van der Waals surface area contributed by atoms with E-state index in [2.05, 4.69) is 0 Å². The van der Waals surface area contributed by atoms with Crippen LogP contribution in [-0.4, -0.2) is 31.3 Å². The van der Waals surface area contributed by atoms with Crippen LogP contribution in [0.25, 0.3) is 10.9 Å². The van der Waals surface area contributed by atoms with Gasteiger partial charge in [-0.2, -0.15) is 0 Å². The zero-order valence-electron chi connectivity index (χ0n) is 9.79. The fraction of sp³-hybridized carbons (Fsp3) is 0.250. The van der Waals surface area contributed by atoms with Crippen LogP contribution in [0.4, 0.5) is 0 Å². The van der Waals surface area contributed by atoms with Gasteiger partial charge in [0, 0.05) is 12.4 Å². The first-order valence-electron chi connectivity index (χ1n) is 5.38. The number of aliphatic hydroxyl groups excluding tert-OH is 1. The molecule has 2 rings (SSSR count). The molecule has 0 amide bonds. The summed E-state index contributed by atoms with van der Waals surface area (Å²) in [6.45, 7) is -0.304. The van der Waals surface area contributed by atoms with Crippen LogP contribution in [0, 0.1) is 0 Å². The van der Waals surface area contributed by atoms with Crippen molar-refractivity contribution in [2.75, 3.05) is 12.4 Å². The predicted octanol–water partition coefficient (Wildman–Crippen LogP) is 0.344. The molecule has 0 saturated heterocycles. The number of hydrogen-bond donors (Lipinski definition) is 2. The van der Waals surface area contributed by atoms with Gasteiger partial charge in [-0.1, -0.05) is 12.1 Å². The topological polar surface area (TPSA) is 79.5 Å². The Balaban J connectivity index is 2.83. The highest BCUT2D eigenvalue weighted by molar-refractivity contribution is 7.85. The van der Waals surface area contributed by atoms with Crippen LogP contribution in [0.5, 0.6) is 5.75 Å². The fourth-order valence-electron chi connectivity index (χ4n) is 1.84. The molecule has 5 nitrogen and oxygen atoms in total. The summed E-state index contributed by atoms with van der Waals surface area (Å²) >= 11 is 0. The van der Waals surface area contributed by atoms with Gasteiger partial charge in [0.2, 0.25) is 0 Å². The smallest absolute Gasteiger partial charge is 0.270 e. The highest BCUT2D eigenvalue weighted by Crippen LogP contribution is 2.27. The zero-order chi connectivity index (χ0) is 13.3. The number of aromatic hydroxyl groups is 1. The summed E-state index contributed by atoms with van der Waals surface area (Å²) in [5.74, 6) is -0.332. The third-order valence-electron chi connectivity index (χ3n) is 2.74. The van der Waals surface area contributed by atoms with Gasteiger partial charge in [0.25, 0.3) is 5.56 Å². The number of aromatic nitrogens is 1. The molecule has 0 aliphatic carbocycles. The number of aryl methyl sites for hydroxylation is 1. The summed E-state index contributed by atoms with van der Waals surface area (Å²) in [4.78, 5) is 11.9. The van der Waals surface area contributed by atoms with Crippen molar-refractivity contribution < 1.29 is 14.4 Å². The van der Waals surface area contributed by atoms with Crippen molar-refractivity contribution in [2.24, 2.45) is 7.05 Å². The Bertz CT molecular complexity index is 678. The van der Waals surface area contributed by atoms with E-state index in [4.69, 9.17) is 5.11 Å². The summed E-state index contributed by atoms with van der Waals surface area (Å²) in [6, 6.07) is 6.84. The van der Waals surface area contributed by atoms with Crippen LogP contribution in [-0.2, 0) is 17.8 Å². The quantitative estimate of drug-likeness (QED) is 0.840. The predicted molar refractivity (Wildman–Crippen MR) is 69.2 cm³/mol. The maximum Gasteiger partial charge on any atom is 0.270 e. The lowest BCUT2D eigenvalue weighted by Crippen LogP contribution is -2.23. The van der Waals surface area contributed by atoms with Crippen LogP contribution in [0.15, 0.2) is 34.0 Å². The van der Waals surface area contributed by atoms with Crippen molar-refractivity contribution in [2.45, 2.75) is 4.90 Å². The van der Waals surface area contributed by atoms with Gasteiger partial charge in [0.05, 0.1) is 28.7 Å². The van der Waals surface area contributed by atoms with Crippen molar-refractivity contribution in [1.82, 2.24) is 4.57 Å². The van der Waals surface area contributed by atoms with Gasteiger partial charge in [-0.15, -0.1) is 0 Å². The van der Waals surface area contributed by atoms with Crippen molar-refractivity contribution in [1.29, 1.82) is 0 Å². The molecule has 0 fully saturated rings. The van der Waals surface area contributed by atoms with Crippen LogP contribution in [0.2, 0.25) is 0 Å². The second kappa shape index (κ2) is 4.91. The Morgan fingerprint density at radius 3 is 2.67 bits per heavy atom. The molecule has 0 aliphatic rings. The van der Waals surface area contributed by atoms with E-state index in [0.29, 0.717) is 10.9 Å². The third kappa shape index (κ3) is 1.93. The highest BCUT2D eigenvalue weighted by Gasteiger charge is 2.19. The second-order valence-electron chi connectivity index (χ2n) is 3.83. The van der Waals surface area contributed by atoms with Gasteiger partial charge in [0.15, 0.2) is 0 Å². The standard InChI is InChI=1S/C12H13NO4S/c1-13-9-5-3-2-4-8(9)10(15)11(12(13)16)18(17)7-6-14/h2-5,14-15H,6-7H2,1H3/t18-/m0/s1. The third-order valence-corrected chi connectivity index (χ3v) is 4.12. The van der Waals surface area contributed by atoms with Crippen LogP contribution in [0.3, 0.4) is 0 Å². The minimum Gasteiger partial charge on any atom is -0.506 e. The molecule has 96 valence electrons. The number of aliphatic hydroxyl groups is 1. The van der Waals surface area contributed by atoms with Gasteiger partial charge >= 0.3 is 0 Å². The monoisotopic (exact) mass is 267 g/mol. The van der Waals surface area contributed by atoms with Crippen molar-refractivity contribution in [3.05, 3.63) is 34.6 Å². The number of benzene rings is 1. The van der Waals surface area contributed by atoms with Crippen molar-refractivity contribution >= 4 is 21.7 Å². The maximum atomic E-state index is 12.0. The lowest BCUT2D eigenvalue weighted by molar-refractivity contribution is 0.321. The fourth-order valence-corrected chi connectivity index (χ4v) is 2.87. The SMILES string of the molecule is Cn1c(=O)c([S@@](=O)CCO)c(O)c2ccccc21. The first kappa shape index (κ1) is 12.8. The summed E-state index contributed by atoms with van der Waals surface area (Å²) in [7, 11) is -0.147. The number of fused-ring (bicyclic) bond motifs is 1. The number of para-hydroxylation sites is 1.